The summed E-state index contributed by atoms with van der Waals surface area (Å²) >= 11 is 0. The first-order valence-corrected chi connectivity index (χ1v) is 6.16. The van der Waals surface area contributed by atoms with Crippen LogP contribution < -0.4 is 9.47 Å². The molecule has 2 nitrogen and oxygen atoms in total. The van der Waals surface area contributed by atoms with Gasteiger partial charge in [-0.3, -0.25) is 0 Å². The van der Waals surface area contributed by atoms with E-state index in [0.717, 1.165) is 11.6 Å². The number of hydrogen-bond donors (Lipinski definition) is 0. The molecule has 2 aromatic rings. The SMILES string of the molecule is Cc1ccc(Oc2ccccc2OC(F)(F)C(F)(F)F)cc1. The third-order valence-electron chi connectivity index (χ3n) is 2.67. The minimum absolute atomic E-state index is 0.240. The molecule has 0 unspecified atom stereocenters. The molecular weight excluding hydrogens is 307 g/mol. The summed E-state index contributed by atoms with van der Waals surface area (Å²) in [5.74, 6) is -0.655. The second-order valence-electron chi connectivity index (χ2n) is 4.48. The van der Waals surface area contributed by atoms with Crippen LogP contribution >= 0.6 is 0 Å². The van der Waals surface area contributed by atoms with Gasteiger partial charge in [-0.05, 0) is 31.2 Å². The minimum atomic E-state index is -5.82. The van der Waals surface area contributed by atoms with Gasteiger partial charge in [0.1, 0.15) is 5.75 Å². The highest BCUT2D eigenvalue weighted by Gasteiger charge is 2.61. The van der Waals surface area contributed by atoms with Gasteiger partial charge in [-0.2, -0.15) is 22.0 Å². The zero-order chi connectivity index (χ0) is 16.4. The predicted octanol–water partition coefficient (Wildman–Crippen LogP) is 5.32. The Kier molecular flexibility index (Phi) is 4.25. The van der Waals surface area contributed by atoms with E-state index >= 15 is 0 Å². The third kappa shape index (κ3) is 3.66. The Morgan fingerprint density at radius 2 is 1.32 bits per heavy atom. The van der Waals surface area contributed by atoms with Crippen LogP contribution in [0.25, 0.3) is 0 Å². The van der Waals surface area contributed by atoms with Crippen molar-refractivity contribution in [2.75, 3.05) is 0 Å². The summed E-state index contributed by atoms with van der Waals surface area (Å²) in [6.45, 7) is 1.84. The van der Waals surface area contributed by atoms with Crippen LogP contribution in [0.2, 0.25) is 0 Å². The molecule has 0 bridgehead atoms. The maximum Gasteiger partial charge on any atom is 0.499 e. The Morgan fingerprint density at radius 3 is 1.86 bits per heavy atom. The lowest BCUT2D eigenvalue weighted by atomic mass is 10.2. The van der Waals surface area contributed by atoms with E-state index in [1.54, 1.807) is 24.3 Å². The molecule has 0 spiro atoms. The molecule has 2 aromatic carbocycles. The summed E-state index contributed by atoms with van der Waals surface area (Å²) in [7, 11) is 0. The molecule has 0 amide bonds. The molecule has 0 fully saturated rings. The normalized spacial score (nSPS) is 12.1. The van der Waals surface area contributed by atoms with Crippen molar-refractivity contribution in [2.45, 2.75) is 19.2 Å². The average Bonchev–Trinajstić information content (AvgIpc) is 2.42. The van der Waals surface area contributed by atoms with Crippen LogP contribution in [-0.4, -0.2) is 12.3 Å². The van der Waals surface area contributed by atoms with Crippen LogP contribution in [0.15, 0.2) is 48.5 Å². The highest BCUT2D eigenvalue weighted by Crippen LogP contribution is 2.41. The Bertz CT molecular complexity index is 635. The largest absolute Gasteiger partial charge is 0.499 e. The van der Waals surface area contributed by atoms with E-state index in [4.69, 9.17) is 4.74 Å². The molecule has 0 radical (unpaired) electrons. The number of ether oxygens (including phenoxy) is 2. The van der Waals surface area contributed by atoms with Crippen molar-refractivity contribution in [3.8, 4) is 17.2 Å². The summed E-state index contributed by atoms with van der Waals surface area (Å²) in [4.78, 5) is 0. The van der Waals surface area contributed by atoms with Gasteiger partial charge in [-0.1, -0.05) is 29.8 Å². The summed E-state index contributed by atoms with van der Waals surface area (Å²) in [5.41, 5.74) is 0.945. The maximum atomic E-state index is 13.0. The number of halogens is 5. The van der Waals surface area contributed by atoms with Crippen LogP contribution in [0.1, 0.15) is 5.56 Å². The first-order chi connectivity index (χ1) is 10.2. The minimum Gasteiger partial charge on any atom is -0.453 e. The molecule has 0 aliphatic rings. The molecule has 22 heavy (non-hydrogen) atoms. The van der Waals surface area contributed by atoms with E-state index in [0.29, 0.717) is 0 Å². The first kappa shape index (κ1) is 16.1. The van der Waals surface area contributed by atoms with E-state index in [1.807, 2.05) is 6.92 Å². The number of aryl methyl sites for hydroxylation is 1. The van der Waals surface area contributed by atoms with E-state index in [1.165, 1.54) is 18.2 Å². The molecule has 118 valence electrons. The molecule has 2 rings (SSSR count). The zero-order valence-electron chi connectivity index (χ0n) is 11.3. The van der Waals surface area contributed by atoms with Gasteiger partial charge < -0.3 is 9.47 Å². The zero-order valence-corrected chi connectivity index (χ0v) is 11.3. The van der Waals surface area contributed by atoms with Gasteiger partial charge in [-0.25, -0.2) is 0 Å². The van der Waals surface area contributed by atoms with Crippen LogP contribution in [0.3, 0.4) is 0 Å². The van der Waals surface area contributed by atoms with Crippen molar-refractivity contribution in [1.29, 1.82) is 0 Å². The number of para-hydroxylation sites is 2. The fourth-order valence-corrected chi connectivity index (χ4v) is 1.55. The molecule has 0 heterocycles. The predicted molar refractivity (Wildman–Crippen MR) is 69.3 cm³/mol. The van der Waals surface area contributed by atoms with E-state index in [-0.39, 0.29) is 11.5 Å². The summed E-state index contributed by atoms with van der Waals surface area (Å²) in [6.07, 6.45) is -11.1. The van der Waals surface area contributed by atoms with Gasteiger partial charge in [-0.15, -0.1) is 0 Å². The standard InChI is InChI=1S/C15H11F5O2/c1-10-6-8-11(9-7-10)21-12-4-2-3-5-13(12)22-15(19,20)14(16,17)18/h2-9H,1H3. The molecule has 0 saturated heterocycles. The highest BCUT2D eigenvalue weighted by molar-refractivity contribution is 5.43. The fraction of sp³-hybridized carbons (Fsp3) is 0.200. The lowest BCUT2D eigenvalue weighted by molar-refractivity contribution is -0.360. The molecule has 7 heteroatoms. The number of benzene rings is 2. The molecule has 0 atom stereocenters. The number of alkyl halides is 5. The molecule has 0 saturated carbocycles. The average molecular weight is 318 g/mol. The third-order valence-corrected chi connectivity index (χ3v) is 2.67. The van der Waals surface area contributed by atoms with Crippen molar-refractivity contribution in [1.82, 2.24) is 0 Å². The Balaban J connectivity index is 2.25. The summed E-state index contributed by atoms with van der Waals surface area (Å²) in [5, 5.41) is 0. The quantitative estimate of drug-likeness (QED) is 0.710. The topological polar surface area (TPSA) is 18.5 Å². The summed E-state index contributed by atoms with van der Waals surface area (Å²) in [6, 6.07) is 11.5. The monoisotopic (exact) mass is 318 g/mol. The number of rotatable bonds is 4. The van der Waals surface area contributed by atoms with Gasteiger partial charge >= 0.3 is 12.3 Å². The van der Waals surface area contributed by atoms with Gasteiger partial charge in [0.15, 0.2) is 11.5 Å². The molecule has 0 aliphatic carbocycles. The molecule has 0 N–H and O–H groups in total. The fourth-order valence-electron chi connectivity index (χ4n) is 1.55. The van der Waals surface area contributed by atoms with Gasteiger partial charge in [0.25, 0.3) is 0 Å². The van der Waals surface area contributed by atoms with E-state index < -0.39 is 18.0 Å². The van der Waals surface area contributed by atoms with Crippen LogP contribution in [0.5, 0.6) is 17.2 Å². The van der Waals surface area contributed by atoms with Gasteiger partial charge in [0, 0.05) is 0 Å². The Hall–Kier alpha value is -2.31. The highest BCUT2D eigenvalue weighted by atomic mass is 19.4. The lowest BCUT2D eigenvalue weighted by Gasteiger charge is -2.21. The first-order valence-electron chi connectivity index (χ1n) is 6.16. The van der Waals surface area contributed by atoms with Crippen molar-refractivity contribution in [3.63, 3.8) is 0 Å². The Morgan fingerprint density at radius 1 is 0.773 bits per heavy atom. The van der Waals surface area contributed by atoms with E-state index in [2.05, 4.69) is 4.74 Å². The molecule has 0 aliphatic heterocycles. The second kappa shape index (κ2) is 5.82. The van der Waals surface area contributed by atoms with Crippen LogP contribution in [0, 0.1) is 6.92 Å². The van der Waals surface area contributed by atoms with Gasteiger partial charge in [0.2, 0.25) is 0 Å². The second-order valence-corrected chi connectivity index (χ2v) is 4.48. The molecular formula is C15H11F5O2. The van der Waals surface area contributed by atoms with Crippen molar-refractivity contribution in [2.24, 2.45) is 0 Å². The van der Waals surface area contributed by atoms with Crippen molar-refractivity contribution >= 4 is 0 Å². The smallest absolute Gasteiger partial charge is 0.453 e. The van der Waals surface area contributed by atoms with Crippen molar-refractivity contribution in [3.05, 3.63) is 54.1 Å². The van der Waals surface area contributed by atoms with Crippen LogP contribution in [0.4, 0.5) is 22.0 Å². The van der Waals surface area contributed by atoms with Crippen molar-refractivity contribution < 1.29 is 31.4 Å². The number of hydrogen-bond acceptors (Lipinski definition) is 2. The van der Waals surface area contributed by atoms with Gasteiger partial charge in [0.05, 0.1) is 0 Å². The lowest BCUT2D eigenvalue weighted by Crippen LogP contribution is -2.41. The maximum absolute atomic E-state index is 13.0. The van der Waals surface area contributed by atoms with Crippen LogP contribution in [-0.2, 0) is 0 Å². The molecule has 0 aromatic heterocycles. The Labute approximate surface area is 123 Å². The van der Waals surface area contributed by atoms with E-state index in [9.17, 15) is 22.0 Å². The summed E-state index contributed by atoms with van der Waals surface area (Å²) < 4.78 is 71.7.